The summed E-state index contributed by atoms with van der Waals surface area (Å²) < 4.78 is 10.8. The lowest BCUT2D eigenvalue weighted by Gasteiger charge is -2.22. The van der Waals surface area contributed by atoms with E-state index < -0.39 is 0 Å². The summed E-state index contributed by atoms with van der Waals surface area (Å²) in [4.78, 5) is 8.26. The third-order valence-electron chi connectivity index (χ3n) is 2.39. The van der Waals surface area contributed by atoms with Crippen molar-refractivity contribution in [3.8, 4) is 5.88 Å². The second-order valence-electron chi connectivity index (χ2n) is 4.18. The van der Waals surface area contributed by atoms with Gasteiger partial charge in [0.15, 0.2) is 5.16 Å². The normalized spacial score (nSPS) is 11.5. The molecule has 0 atom stereocenters. The lowest BCUT2D eigenvalue weighted by Crippen LogP contribution is -2.25. The van der Waals surface area contributed by atoms with Crippen LogP contribution in [0.4, 0.5) is 5.82 Å². The molecule has 0 aliphatic carbocycles. The SMILES string of the molecule is COC(C)(C)CCOc1cc(N)nc(SC)n1. The number of nitrogen functional groups attached to an aromatic ring is 1. The summed E-state index contributed by atoms with van der Waals surface area (Å²) in [6.45, 7) is 4.56. The first-order valence-electron chi connectivity index (χ1n) is 5.33. The Morgan fingerprint density at radius 1 is 1.41 bits per heavy atom. The molecule has 1 rings (SSSR count). The van der Waals surface area contributed by atoms with Gasteiger partial charge in [0.1, 0.15) is 5.82 Å². The highest BCUT2D eigenvalue weighted by atomic mass is 32.2. The van der Waals surface area contributed by atoms with Crippen molar-refractivity contribution < 1.29 is 9.47 Å². The molecule has 0 amide bonds. The van der Waals surface area contributed by atoms with Gasteiger partial charge in [0.05, 0.1) is 12.2 Å². The van der Waals surface area contributed by atoms with E-state index >= 15 is 0 Å². The summed E-state index contributed by atoms with van der Waals surface area (Å²) in [6, 6.07) is 1.62. The second-order valence-corrected chi connectivity index (χ2v) is 4.95. The zero-order valence-electron chi connectivity index (χ0n) is 10.7. The van der Waals surface area contributed by atoms with Gasteiger partial charge in [-0.05, 0) is 20.1 Å². The molecule has 1 heterocycles. The molecule has 17 heavy (non-hydrogen) atoms. The fraction of sp³-hybridized carbons (Fsp3) is 0.636. The van der Waals surface area contributed by atoms with Crippen LogP contribution in [0.25, 0.3) is 0 Å². The molecular weight excluding hydrogens is 238 g/mol. The van der Waals surface area contributed by atoms with E-state index in [4.69, 9.17) is 15.2 Å². The van der Waals surface area contributed by atoms with E-state index in [0.29, 0.717) is 23.5 Å². The lowest BCUT2D eigenvalue weighted by atomic mass is 10.1. The molecule has 6 heteroatoms. The van der Waals surface area contributed by atoms with Gasteiger partial charge in [-0.15, -0.1) is 0 Å². The summed E-state index contributed by atoms with van der Waals surface area (Å²) in [7, 11) is 1.69. The Kier molecular flexibility index (Phi) is 5.02. The topological polar surface area (TPSA) is 70.3 Å². The molecule has 0 aromatic carbocycles. The van der Waals surface area contributed by atoms with Gasteiger partial charge in [-0.2, -0.15) is 4.98 Å². The number of hydrogen-bond donors (Lipinski definition) is 1. The van der Waals surface area contributed by atoms with Crippen molar-refractivity contribution in [2.24, 2.45) is 0 Å². The van der Waals surface area contributed by atoms with E-state index in [1.54, 1.807) is 13.2 Å². The number of anilines is 1. The van der Waals surface area contributed by atoms with E-state index in [0.717, 1.165) is 6.42 Å². The predicted octanol–water partition coefficient (Wildman–Crippen LogP) is 1.97. The molecule has 0 saturated heterocycles. The second kappa shape index (κ2) is 6.07. The van der Waals surface area contributed by atoms with Crippen LogP contribution in [0.15, 0.2) is 11.2 Å². The maximum Gasteiger partial charge on any atom is 0.219 e. The summed E-state index contributed by atoms with van der Waals surface area (Å²) in [5.41, 5.74) is 5.46. The summed E-state index contributed by atoms with van der Waals surface area (Å²) in [5, 5.41) is 0.617. The van der Waals surface area contributed by atoms with Gasteiger partial charge in [0.25, 0.3) is 0 Å². The van der Waals surface area contributed by atoms with Gasteiger partial charge in [0, 0.05) is 19.6 Å². The maximum atomic E-state index is 5.65. The van der Waals surface area contributed by atoms with Crippen molar-refractivity contribution in [3.05, 3.63) is 6.07 Å². The molecule has 0 spiro atoms. The van der Waals surface area contributed by atoms with Crippen LogP contribution in [0.3, 0.4) is 0 Å². The van der Waals surface area contributed by atoms with Crippen molar-refractivity contribution in [3.63, 3.8) is 0 Å². The Hall–Kier alpha value is -1.01. The zero-order chi connectivity index (χ0) is 12.9. The lowest BCUT2D eigenvalue weighted by molar-refractivity contribution is 0.00503. The smallest absolute Gasteiger partial charge is 0.219 e. The summed E-state index contributed by atoms with van der Waals surface area (Å²) in [6.07, 6.45) is 2.68. The van der Waals surface area contributed by atoms with Crippen molar-refractivity contribution in [1.82, 2.24) is 9.97 Å². The van der Waals surface area contributed by atoms with Gasteiger partial charge in [-0.1, -0.05) is 11.8 Å². The van der Waals surface area contributed by atoms with Gasteiger partial charge in [0.2, 0.25) is 5.88 Å². The average molecular weight is 257 g/mol. The van der Waals surface area contributed by atoms with Crippen LogP contribution in [0.2, 0.25) is 0 Å². The first-order valence-corrected chi connectivity index (χ1v) is 6.56. The molecule has 0 aliphatic heterocycles. The molecule has 0 aliphatic rings. The number of rotatable bonds is 6. The number of nitrogens with zero attached hydrogens (tertiary/aromatic N) is 2. The maximum absolute atomic E-state index is 5.65. The first kappa shape index (κ1) is 14.1. The zero-order valence-corrected chi connectivity index (χ0v) is 11.5. The summed E-state index contributed by atoms with van der Waals surface area (Å²) in [5.74, 6) is 0.930. The van der Waals surface area contributed by atoms with Crippen LogP contribution >= 0.6 is 11.8 Å². The van der Waals surface area contributed by atoms with Crippen LogP contribution in [-0.2, 0) is 4.74 Å². The average Bonchev–Trinajstić information content (AvgIpc) is 2.28. The fourth-order valence-corrected chi connectivity index (χ4v) is 1.47. The minimum Gasteiger partial charge on any atom is -0.477 e. The van der Waals surface area contributed by atoms with Crippen molar-refractivity contribution in [2.45, 2.75) is 31.0 Å². The molecule has 2 N–H and O–H groups in total. The molecule has 96 valence electrons. The Balaban J connectivity index is 2.55. The number of aromatic nitrogens is 2. The van der Waals surface area contributed by atoms with E-state index in [1.807, 2.05) is 20.1 Å². The quantitative estimate of drug-likeness (QED) is 0.620. The predicted molar refractivity (Wildman–Crippen MR) is 69.4 cm³/mol. The number of ether oxygens (including phenoxy) is 2. The highest BCUT2D eigenvalue weighted by Gasteiger charge is 2.16. The summed E-state index contributed by atoms with van der Waals surface area (Å²) >= 11 is 1.43. The third kappa shape index (κ3) is 4.79. The Morgan fingerprint density at radius 3 is 2.71 bits per heavy atom. The number of hydrogen-bond acceptors (Lipinski definition) is 6. The van der Waals surface area contributed by atoms with Gasteiger partial charge in [-0.25, -0.2) is 4.98 Å². The molecule has 0 saturated carbocycles. The Labute approximate surface area is 106 Å². The van der Waals surface area contributed by atoms with E-state index in [9.17, 15) is 0 Å². The highest BCUT2D eigenvalue weighted by Crippen LogP contribution is 2.18. The Morgan fingerprint density at radius 2 is 2.12 bits per heavy atom. The molecule has 1 aromatic heterocycles. The molecule has 1 aromatic rings. The van der Waals surface area contributed by atoms with Crippen molar-refractivity contribution in [2.75, 3.05) is 25.7 Å². The van der Waals surface area contributed by atoms with Crippen molar-refractivity contribution in [1.29, 1.82) is 0 Å². The monoisotopic (exact) mass is 257 g/mol. The molecule has 0 fully saturated rings. The molecule has 0 radical (unpaired) electrons. The van der Waals surface area contributed by atoms with Gasteiger partial charge < -0.3 is 15.2 Å². The van der Waals surface area contributed by atoms with Crippen LogP contribution in [-0.4, -0.2) is 35.5 Å². The number of thioether (sulfide) groups is 1. The molecule has 5 nitrogen and oxygen atoms in total. The highest BCUT2D eigenvalue weighted by molar-refractivity contribution is 7.98. The van der Waals surface area contributed by atoms with Gasteiger partial charge in [-0.3, -0.25) is 0 Å². The van der Waals surface area contributed by atoms with E-state index in [2.05, 4.69) is 9.97 Å². The fourth-order valence-electron chi connectivity index (χ4n) is 1.09. The minimum absolute atomic E-state index is 0.194. The van der Waals surface area contributed by atoms with Crippen LogP contribution < -0.4 is 10.5 Å². The number of nitrogens with two attached hydrogens (primary N) is 1. The standard InChI is InChI=1S/C11H19N3O2S/c1-11(2,15-3)5-6-16-9-7-8(12)13-10(14-9)17-4/h7H,5-6H2,1-4H3,(H2,12,13,14). The van der Waals surface area contributed by atoms with Crippen LogP contribution in [0, 0.1) is 0 Å². The van der Waals surface area contributed by atoms with E-state index in [-0.39, 0.29) is 5.60 Å². The molecule has 0 bridgehead atoms. The number of methoxy groups -OCH3 is 1. The van der Waals surface area contributed by atoms with Gasteiger partial charge >= 0.3 is 0 Å². The Bertz CT molecular complexity index is 372. The molecule has 0 unspecified atom stereocenters. The van der Waals surface area contributed by atoms with Crippen LogP contribution in [0.1, 0.15) is 20.3 Å². The largest absolute Gasteiger partial charge is 0.477 e. The molecular formula is C11H19N3O2S. The third-order valence-corrected chi connectivity index (χ3v) is 2.94. The van der Waals surface area contributed by atoms with E-state index in [1.165, 1.54) is 11.8 Å². The first-order chi connectivity index (χ1) is 7.96. The van der Waals surface area contributed by atoms with Crippen molar-refractivity contribution >= 4 is 17.6 Å². The minimum atomic E-state index is -0.194. The van der Waals surface area contributed by atoms with Crippen LogP contribution in [0.5, 0.6) is 5.88 Å².